The number of carbonyl (C=O) groups excluding carboxylic acids is 1. The lowest BCUT2D eigenvalue weighted by atomic mass is 9.86. The lowest BCUT2D eigenvalue weighted by Crippen LogP contribution is -2.39. The van der Waals surface area contributed by atoms with E-state index in [4.69, 9.17) is 4.42 Å². The molecule has 0 bridgehead atoms. The molecule has 0 radical (unpaired) electrons. The van der Waals surface area contributed by atoms with E-state index in [1.54, 1.807) is 4.90 Å². The standard InChI is InChI=1S/C25H26F3N3O2/c1-24(2,3)19-10-8-17(9-11-19)23(32)31-14-4-5-18(15-31)22-30-29-21(33-22)16-6-12-20(13-7-16)25(26,27)28/h6-13,18H,4-5,14-15H2,1-3H3. The first-order chi connectivity index (χ1) is 15.5. The van der Waals surface area contributed by atoms with E-state index in [2.05, 4.69) is 31.0 Å². The molecular weight excluding hydrogens is 431 g/mol. The molecule has 1 fully saturated rings. The Morgan fingerprint density at radius 3 is 2.21 bits per heavy atom. The SMILES string of the molecule is CC(C)(C)c1ccc(C(=O)N2CCCC(c3nnc(-c4ccc(C(F)(F)F)cc4)o3)C2)cc1. The normalized spacial score (nSPS) is 17.3. The summed E-state index contributed by atoms with van der Waals surface area (Å²) in [6.07, 6.45) is -2.81. The Kier molecular flexibility index (Phi) is 6.03. The summed E-state index contributed by atoms with van der Waals surface area (Å²) in [7, 11) is 0. The summed E-state index contributed by atoms with van der Waals surface area (Å²) in [4.78, 5) is 14.8. The first kappa shape index (κ1) is 23.0. The topological polar surface area (TPSA) is 59.2 Å². The van der Waals surface area contributed by atoms with E-state index in [1.165, 1.54) is 12.1 Å². The van der Waals surface area contributed by atoms with Gasteiger partial charge < -0.3 is 9.32 Å². The highest BCUT2D eigenvalue weighted by molar-refractivity contribution is 5.94. The number of amides is 1. The Morgan fingerprint density at radius 1 is 0.970 bits per heavy atom. The van der Waals surface area contributed by atoms with Crippen LogP contribution < -0.4 is 0 Å². The zero-order chi connectivity index (χ0) is 23.8. The number of benzene rings is 2. The van der Waals surface area contributed by atoms with Crippen LogP contribution in [0.15, 0.2) is 52.9 Å². The maximum atomic E-state index is 13.0. The van der Waals surface area contributed by atoms with Crippen molar-refractivity contribution in [3.63, 3.8) is 0 Å². The van der Waals surface area contributed by atoms with Crippen molar-refractivity contribution in [2.45, 2.75) is 51.1 Å². The number of hydrogen-bond donors (Lipinski definition) is 0. The van der Waals surface area contributed by atoms with Crippen LogP contribution in [-0.4, -0.2) is 34.1 Å². The molecule has 1 atom stereocenters. The molecule has 1 saturated heterocycles. The smallest absolute Gasteiger partial charge is 0.416 e. The zero-order valence-corrected chi connectivity index (χ0v) is 18.8. The van der Waals surface area contributed by atoms with Gasteiger partial charge in [-0.3, -0.25) is 4.79 Å². The van der Waals surface area contributed by atoms with Gasteiger partial charge >= 0.3 is 6.18 Å². The molecule has 4 rings (SSSR count). The number of nitrogens with zero attached hydrogens (tertiary/aromatic N) is 3. The fourth-order valence-electron chi connectivity index (χ4n) is 3.98. The summed E-state index contributed by atoms with van der Waals surface area (Å²) >= 11 is 0. The minimum absolute atomic E-state index is 0.0144. The molecule has 33 heavy (non-hydrogen) atoms. The van der Waals surface area contributed by atoms with Gasteiger partial charge in [0.15, 0.2) is 0 Å². The van der Waals surface area contributed by atoms with Gasteiger partial charge in [-0.15, -0.1) is 10.2 Å². The number of aromatic nitrogens is 2. The van der Waals surface area contributed by atoms with Gasteiger partial charge in [-0.1, -0.05) is 32.9 Å². The molecule has 1 unspecified atom stereocenters. The Morgan fingerprint density at radius 2 is 1.61 bits per heavy atom. The van der Waals surface area contributed by atoms with Crippen molar-refractivity contribution in [1.29, 1.82) is 0 Å². The van der Waals surface area contributed by atoms with Crippen LogP contribution in [0.2, 0.25) is 0 Å². The van der Waals surface area contributed by atoms with Gasteiger partial charge in [-0.25, -0.2) is 0 Å². The number of halogens is 3. The van der Waals surface area contributed by atoms with Crippen LogP contribution in [0.5, 0.6) is 0 Å². The highest BCUT2D eigenvalue weighted by Gasteiger charge is 2.31. The Bertz CT molecular complexity index is 1110. The summed E-state index contributed by atoms with van der Waals surface area (Å²) < 4.78 is 44.1. The zero-order valence-electron chi connectivity index (χ0n) is 18.8. The van der Waals surface area contributed by atoms with Crippen molar-refractivity contribution in [1.82, 2.24) is 15.1 Å². The van der Waals surface area contributed by atoms with Crippen molar-refractivity contribution in [2.75, 3.05) is 13.1 Å². The summed E-state index contributed by atoms with van der Waals surface area (Å²) in [6.45, 7) is 7.48. The van der Waals surface area contributed by atoms with Crippen LogP contribution in [0.25, 0.3) is 11.5 Å². The second-order valence-electron chi connectivity index (χ2n) is 9.44. The van der Waals surface area contributed by atoms with Gasteiger partial charge in [-0.05, 0) is 60.2 Å². The summed E-state index contributed by atoms with van der Waals surface area (Å²) in [5.74, 6) is 0.403. The van der Waals surface area contributed by atoms with Crippen molar-refractivity contribution in [2.24, 2.45) is 0 Å². The van der Waals surface area contributed by atoms with Crippen molar-refractivity contribution >= 4 is 5.91 Å². The third-order valence-electron chi connectivity index (χ3n) is 5.96. The number of carbonyl (C=O) groups is 1. The minimum atomic E-state index is -4.40. The maximum absolute atomic E-state index is 13.0. The fourth-order valence-corrected chi connectivity index (χ4v) is 3.98. The van der Waals surface area contributed by atoms with E-state index in [0.717, 1.165) is 30.5 Å². The second-order valence-corrected chi connectivity index (χ2v) is 9.44. The van der Waals surface area contributed by atoms with Gasteiger partial charge in [0.1, 0.15) is 0 Å². The molecule has 174 valence electrons. The maximum Gasteiger partial charge on any atom is 0.416 e. The lowest BCUT2D eigenvalue weighted by Gasteiger charge is -2.31. The monoisotopic (exact) mass is 457 g/mol. The van der Waals surface area contributed by atoms with E-state index >= 15 is 0 Å². The summed E-state index contributed by atoms with van der Waals surface area (Å²) in [6, 6.07) is 12.3. The van der Waals surface area contributed by atoms with E-state index in [-0.39, 0.29) is 23.1 Å². The van der Waals surface area contributed by atoms with E-state index in [9.17, 15) is 18.0 Å². The van der Waals surface area contributed by atoms with Gasteiger partial charge in [0.2, 0.25) is 11.8 Å². The first-order valence-corrected chi connectivity index (χ1v) is 10.9. The van der Waals surface area contributed by atoms with Crippen LogP contribution in [-0.2, 0) is 11.6 Å². The van der Waals surface area contributed by atoms with Gasteiger partial charge in [0.25, 0.3) is 5.91 Å². The Hall–Kier alpha value is -3.16. The number of rotatable bonds is 3. The minimum Gasteiger partial charge on any atom is -0.420 e. The largest absolute Gasteiger partial charge is 0.420 e. The molecular formula is C25H26F3N3O2. The highest BCUT2D eigenvalue weighted by Crippen LogP contribution is 2.32. The lowest BCUT2D eigenvalue weighted by molar-refractivity contribution is -0.137. The molecule has 2 aromatic carbocycles. The molecule has 0 spiro atoms. The van der Waals surface area contributed by atoms with E-state index in [1.807, 2.05) is 24.3 Å². The van der Waals surface area contributed by atoms with Gasteiger partial charge in [-0.2, -0.15) is 13.2 Å². The number of alkyl halides is 3. The average Bonchev–Trinajstić information content (AvgIpc) is 3.28. The van der Waals surface area contributed by atoms with E-state index in [0.29, 0.717) is 30.1 Å². The molecule has 2 heterocycles. The predicted molar refractivity (Wildman–Crippen MR) is 118 cm³/mol. The van der Waals surface area contributed by atoms with Gasteiger partial charge in [0, 0.05) is 24.2 Å². The van der Waals surface area contributed by atoms with Crippen LogP contribution in [0, 0.1) is 0 Å². The van der Waals surface area contributed by atoms with Crippen molar-refractivity contribution < 1.29 is 22.4 Å². The molecule has 1 aromatic heterocycles. The molecule has 0 aliphatic carbocycles. The third-order valence-corrected chi connectivity index (χ3v) is 5.96. The molecule has 5 nitrogen and oxygen atoms in total. The number of piperidine rings is 1. The Balaban J connectivity index is 1.46. The van der Waals surface area contributed by atoms with Crippen molar-refractivity contribution in [3.05, 3.63) is 71.1 Å². The van der Waals surface area contributed by atoms with Crippen LogP contribution in [0.1, 0.15) is 66.9 Å². The summed E-state index contributed by atoms with van der Waals surface area (Å²) in [5, 5.41) is 8.13. The molecule has 1 aliphatic heterocycles. The molecule has 0 N–H and O–H groups in total. The molecule has 1 amide bonds. The predicted octanol–water partition coefficient (Wildman–Crippen LogP) is 6.07. The van der Waals surface area contributed by atoms with Gasteiger partial charge in [0.05, 0.1) is 11.5 Å². The summed E-state index contributed by atoms with van der Waals surface area (Å²) in [5.41, 5.74) is 1.50. The van der Waals surface area contributed by atoms with E-state index < -0.39 is 11.7 Å². The van der Waals surface area contributed by atoms with Crippen molar-refractivity contribution in [3.8, 4) is 11.5 Å². The molecule has 1 aliphatic rings. The number of hydrogen-bond acceptors (Lipinski definition) is 4. The fraction of sp³-hybridized carbons (Fsp3) is 0.400. The highest BCUT2D eigenvalue weighted by atomic mass is 19.4. The third kappa shape index (κ3) is 5.10. The quantitative estimate of drug-likeness (QED) is 0.479. The molecule has 0 saturated carbocycles. The molecule has 8 heteroatoms. The Labute approximate surface area is 190 Å². The average molecular weight is 457 g/mol. The van der Waals surface area contributed by atoms with Crippen LogP contribution in [0.4, 0.5) is 13.2 Å². The molecule has 3 aromatic rings. The second kappa shape index (κ2) is 8.65. The number of likely N-dealkylation sites (tertiary alicyclic amines) is 1. The van der Waals surface area contributed by atoms with Crippen LogP contribution in [0.3, 0.4) is 0 Å². The first-order valence-electron chi connectivity index (χ1n) is 10.9. The van der Waals surface area contributed by atoms with Crippen LogP contribution >= 0.6 is 0 Å².